The molecule has 0 radical (unpaired) electrons. The number of aromatic nitrogens is 4. The van der Waals surface area contributed by atoms with E-state index in [2.05, 4.69) is 86.7 Å². The number of carbonyl (C=O) groups is 3. The number of hydrogen-bond donors (Lipinski definition) is 3. The Kier molecular flexibility index (Phi) is 13.9. The molecule has 3 saturated heterocycles. The molecule has 4 aliphatic rings. The van der Waals surface area contributed by atoms with Crippen molar-refractivity contribution in [1.82, 2.24) is 40.0 Å². The number of piperazine rings is 1. The van der Waals surface area contributed by atoms with Crippen LogP contribution < -0.4 is 30.9 Å². The molecular formula is C49H59BrN11O5P. The number of aryl methyl sites for hydroxylation is 2. The number of carbonyl (C=O) groups excluding carboxylic acids is 3. The second kappa shape index (κ2) is 20.0. The van der Waals surface area contributed by atoms with Crippen LogP contribution in [-0.4, -0.2) is 131 Å². The molecule has 67 heavy (non-hydrogen) atoms. The van der Waals surface area contributed by atoms with E-state index < -0.39 is 13.2 Å². The lowest BCUT2D eigenvalue weighted by molar-refractivity contribution is -0.136. The molecule has 1 atom stereocenters. The number of methoxy groups -OCH3 is 1. The van der Waals surface area contributed by atoms with Gasteiger partial charge >= 0.3 is 0 Å². The summed E-state index contributed by atoms with van der Waals surface area (Å²) in [7, 11) is -1.09. The van der Waals surface area contributed by atoms with Crippen molar-refractivity contribution in [2.45, 2.75) is 76.9 Å². The lowest BCUT2D eigenvalue weighted by Crippen LogP contribution is -2.53. The lowest BCUT2D eigenvalue weighted by Gasteiger charge is -2.43. The van der Waals surface area contributed by atoms with Gasteiger partial charge in [0.25, 0.3) is 5.91 Å². The molecule has 2 aromatic heterocycles. The van der Waals surface area contributed by atoms with Crippen LogP contribution in [0.15, 0.2) is 65.5 Å². The highest BCUT2D eigenvalue weighted by Crippen LogP contribution is 2.42. The highest BCUT2D eigenvalue weighted by Gasteiger charge is 2.40. The second-order valence-corrected chi connectivity index (χ2v) is 22.5. The Morgan fingerprint density at radius 1 is 0.896 bits per heavy atom. The van der Waals surface area contributed by atoms with Gasteiger partial charge in [-0.2, -0.15) is 4.98 Å². The third kappa shape index (κ3) is 10.2. The standard InChI is InChI=1S/C49H59BrN11O5P/c1-31-27-39(55-49-53-29-36(50)46(57-49)54-38-13-12-37-44(52-19-18-51-37)45(38)67(3,4)65)42(66-2)28-41(31)60-21-16-33(17-22-60)59-25-23-58(24-26-59)20-7-5-6-9-32-10-8-11-34-35(32)30-61(48(34)64)40-14-15-43(62)56-47(40)63/h8,10-13,18-19,27-29,33,40H,5-7,9,14-17,20-26,30H2,1-4H3,(H,56,62,63)(H2,53,54,55,57). The third-order valence-electron chi connectivity index (χ3n) is 13.7. The van der Waals surface area contributed by atoms with Gasteiger partial charge in [-0.3, -0.25) is 34.6 Å². The maximum Gasteiger partial charge on any atom is 0.255 e. The number of anilines is 5. The Hall–Kier alpha value is -5.48. The van der Waals surface area contributed by atoms with E-state index in [1.54, 1.807) is 43.9 Å². The highest BCUT2D eigenvalue weighted by atomic mass is 79.9. The average molecular weight is 993 g/mol. The van der Waals surface area contributed by atoms with Gasteiger partial charge < -0.3 is 34.6 Å². The van der Waals surface area contributed by atoms with Crippen LogP contribution in [0.4, 0.5) is 28.8 Å². The molecule has 0 aliphatic carbocycles. The normalized spacial score (nSPS) is 18.6. The first-order valence-electron chi connectivity index (χ1n) is 23.4. The van der Waals surface area contributed by atoms with Gasteiger partial charge in [0.15, 0.2) is 0 Å². The average Bonchev–Trinajstić information content (AvgIpc) is 3.65. The van der Waals surface area contributed by atoms with E-state index in [4.69, 9.17) is 9.72 Å². The van der Waals surface area contributed by atoms with Gasteiger partial charge in [0.05, 0.1) is 33.8 Å². The number of nitrogens with one attached hydrogen (secondary N) is 3. The van der Waals surface area contributed by atoms with Gasteiger partial charge in [-0.15, -0.1) is 0 Å². The number of benzene rings is 3. The van der Waals surface area contributed by atoms with Crippen molar-refractivity contribution in [3.63, 3.8) is 0 Å². The van der Waals surface area contributed by atoms with Crippen molar-refractivity contribution < 1.29 is 23.7 Å². The highest BCUT2D eigenvalue weighted by molar-refractivity contribution is 9.10. The summed E-state index contributed by atoms with van der Waals surface area (Å²) < 4.78 is 20.1. The number of hydrogen-bond acceptors (Lipinski definition) is 14. The van der Waals surface area contributed by atoms with Crippen LogP contribution in [0.5, 0.6) is 5.75 Å². The first-order chi connectivity index (χ1) is 32.3. The molecule has 0 bridgehead atoms. The van der Waals surface area contributed by atoms with E-state index in [-0.39, 0.29) is 24.1 Å². The predicted molar refractivity (Wildman–Crippen MR) is 266 cm³/mol. The van der Waals surface area contributed by atoms with Crippen LogP contribution in [0.25, 0.3) is 11.0 Å². The summed E-state index contributed by atoms with van der Waals surface area (Å²) in [6, 6.07) is 13.8. The van der Waals surface area contributed by atoms with Crippen LogP contribution >= 0.6 is 23.1 Å². The molecule has 3 fully saturated rings. The third-order valence-corrected chi connectivity index (χ3v) is 15.9. The van der Waals surface area contributed by atoms with Crippen LogP contribution in [0.1, 0.15) is 72.0 Å². The monoisotopic (exact) mass is 991 g/mol. The van der Waals surface area contributed by atoms with Crippen molar-refractivity contribution >= 4 is 86.0 Å². The van der Waals surface area contributed by atoms with Crippen molar-refractivity contribution in [3.8, 4) is 5.75 Å². The number of rotatable bonds is 15. The molecule has 6 heterocycles. The maximum absolute atomic E-state index is 13.5. The summed E-state index contributed by atoms with van der Waals surface area (Å²) in [5.41, 5.74) is 7.90. The minimum Gasteiger partial charge on any atom is -0.494 e. The molecule has 16 nitrogen and oxygen atoms in total. The Bertz CT molecular complexity index is 2740. The van der Waals surface area contributed by atoms with Crippen molar-refractivity contribution in [1.29, 1.82) is 0 Å². The topological polar surface area (TPSA) is 178 Å². The van der Waals surface area contributed by atoms with Gasteiger partial charge in [0.2, 0.25) is 17.8 Å². The largest absolute Gasteiger partial charge is 0.494 e. The van der Waals surface area contributed by atoms with Gasteiger partial charge in [-0.1, -0.05) is 18.6 Å². The van der Waals surface area contributed by atoms with E-state index in [9.17, 15) is 18.9 Å². The van der Waals surface area contributed by atoms with Crippen molar-refractivity contribution in [3.05, 3.63) is 87.8 Å². The van der Waals surface area contributed by atoms with E-state index in [0.29, 0.717) is 68.6 Å². The van der Waals surface area contributed by atoms with E-state index in [1.165, 1.54) is 11.3 Å². The minimum absolute atomic E-state index is 0.109. The molecular weight excluding hydrogens is 933 g/mol. The second-order valence-electron chi connectivity index (χ2n) is 18.5. The molecule has 3 amide bonds. The molecule has 0 spiro atoms. The summed E-state index contributed by atoms with van der Waals surface area (Å²) in [4.78, 5) is 65.1. The SMILES string of the molecule is COc1cc(N2CCC(N3CCN(CCCCCc4cccc5c4CN(C4CCC(=O)NC4=O)C5=O)CC3)CC2)c(C)cc1Nc1ncc(Br)c(Nc2ccc3nccnc3c2P(C)(C)=O)n1. The first kappa shape index (κ1) is 46.6. The molecule has 1 unspecified atom stereocenters. The summed E-state index contributed by atoms with van der Waals surface area (Å²) in [5.74, 6) is 0.842. The summed E-state index contributed by atoms with van der Waals surface area (Å²) in [6.07, 6.45) is 12.0. The zero-order valence-electron chi connectivity index (χ0n) is 38.7. The maximum atomic E-state index is 13.5. The number of piperidine rings is 2. The van der Waals surface area contributed by atoms with E-state index in [0.717, 1.165) is 101 Å². The smallest absolute Gasteiger partial charge is 0.255 e. The number of fused-ring (bicyclic) bond motifs is 2. The fourth-order valence-corrected chi connectivity index (χ4v) is 11.9. The minimum atomic E-state index is -2.77. The molecule has 3 N–H and O–H groups in total. The van der Waals surface area contributed by atoms with Crippen molar-refractivity contribution in [2.24, 2.45) is 0 Å². The fraction of sp³-hybridized carbons (Fsp3) is 0.449. The van der Waals surface area contributed by atoms with Crippen molar-refractivity contribution in [2.75, 3.05) is 81.8 Å². The zero-order valence-corrected chi connectivity index (χ0v) is 41.2. The summed E-state index contributed by atoms with van der Waals surface area (Å²) in [6.45, 7) is 13.4. The Labute approximate surface area is 400 Å². The number of unbranched alkanes of at least 4 members (excludes halogenated alkanes) is 2. The fourth-order valence-electron chi connectivity index (χ4n) is 10.3. The predicted octanol–water partition coefficient (Wildman–Crippen LogP) is 6.99. The number of imide groups is 1. The lowest BCUT2D eigenvalue weighted by atomic mass is 9.98. The van der Waals surface area contributed by atoms with Crippen LogP contribution in [0.3, 0.4) is 0 Å². The summed E-state index contributed by atoms with van der Waals surface area (Å²) in [5, 5.41) is 9.77. The van der Waals surface area contributed by atoms with Crippen LogP contribution in [0.2, 0.25) is 0 Å². The van der Waals surface area contributed by atoms with Gasteiger partial charge in [-0.25, -0.2) is 4.98 Å². The molecule has 0 saturated carbocycles. The molecule has 352 valence electrons. The van der Waals surface area contributed by atoms with E-state index in [1.807, 2.05) is 24.3 Å². The Balaban J connectivity index is 0.735. The van der Waals surface area contributed by atoms with Gasteiger partial charge in [0.1, 0.15) is 30.3 Å². The van der Waals surface area contributed by atoms with Gasteiger partial charge in [0, 0.05) is 94.2 Å². The van der Waals surface area contributed by atoms with Crippen LogP contribution in [0, 0.1) is 6.92 Å². The number of nitrogens with zero attached hydrogens (tertiary/aromatic N) is 8. The van der Waals surface area contributed by atoms with E-state index >= 15 is 0 Å². The summed E-state index contributed by atoms with van der Waals surface area (Å²) >= 11 is 3.59. The first-order valence-corrected chi connectivity index (χ1v) is 26.8. The Morgan fingerprint density at radius 3 is 2.45 bits per heavy atom. The van der Waals surface area contributed by atoms with Gasteiger partial charge in [-0.05, 0) is 122 Å². The molecule has 9 rings (SSSR count). The number of ether oxygens (including phenoxy) is 1. The molecule has 4 aliphatic heterocycles. The van der Waals surface area contributed by atoms with Crippen LogP contribution in [-0.2, 0) is 27.1 Å². The molecule has 5 aromatic rings. The quantitative estimate of drug-likeness (QED) is 0.0555. The number of halogens is 1. The Morgan fingerprint density at radius 2 is 1.69 bits per heavy atom. The number of amides is 3. The zero-order chi connectivity index (χ0) is 46.8. The molecule has 18 heteroatoms. The molecule has 3 aromatic carbocycles.